The van der Waals surface area contributed by atoms with Crippen molar-refractivity contribution in [3.63, 3.8) is 0 Å². The summed E-state index contributed by atoms with van der Waals surface area (Å²) < 4.78 is 0. The van der Waals surface area contributed by atoms with Crippen LogP contribution in [0.25, 0.3) is 0 Å². The van der Waals surface area contributed by atoms with Gasteiger partial charge in [-0.05, 0) is 43.7 Å². The molecular formula is C11H16ClN3O. The Bertz CT molecular complexity index is 323. The van der Waals surface area contributed by atoms with Gasteiger partial charge in [0.05, 0.1) is 6.10 Å². The second-order valence-electron chi connectivity index (χ2n) is 4.30. The van der Waals surface area contributed by atoms with Gasteiger partial charge < -0.3 is 10.4 Å². The van der Waals surface area contributed by atoms with Crippen LogP contribution in [-0.4, -0.2) is 28.0 Å². The zero-order chi connectivity index (χ0) is 11.4. The molecule has 1 fully saturated rings. The topological polar surface area (TPSA) is 58.0 Å². The highest BCUT2D eigenvalue weighted by atomic mass is 35.5. The molecule has 5 heteroatoms. The zero-order valence-corrected chi connectivity index (χ0v) is 9.82. The third-order valence-corrected chi connectivity index (χ3v) is 3.22. The van der Waals surface area contributed by atoms with Crippen molar-refractivity contribution in [2.24, 2.45) is 5.92 Å². The van der Waals surface area contributed by atoms with Crippen LogP contribution in [0.1, 0.15) is 25.7 Å². The third kappa shape index (κ3) is 3.32. The maximum absolute atomic E-state index is 9.39. The largest absolute Gasteiger partial charge is 0.393 e. The first-order chi connectivity index (χ1) is 7.74. The van der Waals surface area contributed by atoms with E-state index in [9.17, 15) is 5.11 Å². The van der Waals surface area contributed by atoms with E-state index in [1.165, 1.54) is 0 Å². The Balaban J connectivity index is 1.77. The summed E-state index contributed by atoms with van der Waals surface area (Å²) in [5, 5.41) is 20.7. The highest BCUT2D eigenvalue weighted by Crippen LogP contribution is 2.24. The second-order valence-corrected chi connectivity index (χ2v) is 4.68. The van der Waals surface area contributed by atoms with Crippen molar-refractivity contribution >= 4 is 17.4 Å². The molecule has 1 aromatic heterocycles. The Morgan fingerprint density at radius 1 is 1.25 bits per heavy atom. The Morgan fingerprint density at radius 2 is 2.00 bits per heavy atom. The quantitative estimate of drug-likeness (QED) is 0.851. The molecule has 0 atom stereocenters. The van der Waals surface area contributed by atoms with Gasteiger partial charge in [-0.1, -0.05) is 11.6 Å². The first-order valence-corrected chi connectivity index (χ1v) is 6.03. The fraction of sp³-hybridized carbons (Fsp3) is 0.636. The van der Waals surface area contributed by atoms with Gasteiger partial charge in [0.2, 0.25) is 0 Å². The molecule has 0 amide bonds. The molecule has 0 saturated heterocycles. The van der Waals surface area contributed by atoms with Crippen molar-refractivity contribution in [3.8, 4) is 0 Å². The molecule has 1 saturated carbocycles. The molecule has 88 valence electrons. The van der Waals surface area contributed by atoms with E-state index in [0.29, 0.717) is 11.1 Å². The minimum absolute atomic E-state index is 0.0911. The summed E-state index contributed by atoms with van der Waals surface area (Å²) in [5.74, 6) is 1.39. The van der Waals surface area contributed by atoms with E-state index in [4.69, 9.17) is 11.6 Å². The molecule has 1 aliphatic carbocycles. The number of nitrogens with zero attached hydrogens (tertiary/aromatic N) is 2. The number of anilines is 1. The van der Waals surface area contributed by atoms with Gasteiger partial charge in [0, 0.05) is 6.54 Å². The predicted octanol–water partition coefficient (Wildman–Crippen LogP) is 2.09. The molecule has 2 rings (SSSR count). The van der Waals surface area contributed by atoms with Gasteiger partial charge in [-0.3, -0.25) is 0 Å². The highest BCUT2D eigenvalue weighted by molar-refractivity contribution is 6.29. The van der Waals surface area contributed by atoms with Gasteiger partial charge in [-0.25, -0.2) is 0 Å². The number of aromatic nitrogens is 2. The van der Waals surface area contributed by atoms with Gasteiger partial charge >= 0.3 is 0 Å². The Hall–Kier alpha value is -0.870. The minimum atomic E-state index is -0.0911. The van der Waals surface area contributed by atoms with Gasteiger partial charge in [0.15, 0.2) is 5.15 Å². The molecular weight excluding hydrogens is 226 g/mol. The molecule has 4 nitrogen and oxygen atoms in total. The predicted molar refractivity (Wildman–Crippen MR) is 63.5 cm³/mol. The first kappa shape index (κ1) is 11.6. The highest BCUT2D eigenvalue weighted by Gasteiger charge is 2.18. The van der Waals surface area contributed by atoms with Crippen molar-refractivity contribution in [2.45, 2.75) is 31.8 Å². The van der Waals surface area contributed by atoms with Gasteiger partial charge in [-0.15, -0.1) is 10.2 Å². The number of aliphatic hydroxyl groups is 1. The summed E-state index contributed by atoms with van der Waals surface area (Å²) in [7, 11) is 0. The number of halogens is 1. The maximum atomic E-state index is 9.39. The van der Waals surface area contributed by atoms with Crippen LogP contribution in [0.4, 0.5) is 5.82 Å². The fourth-order valence-corrected chi connectivity index (χ4v) is 2.11. The van der Waals surface area contributed by atoms with E-state index in [0.717, 1.165) is 38.0 Å². The van der Waals surface area contributed by atoms with E-state index in [-0.39, 0.29) is 6.10 Å². The Morgan fingerprint density at radius 3 is 2.62 bits per heavy atom. The normalized spacial score (nSPS) is 25.4. The molecule has 0 aliphatic heterocycles. The molecule has 16 heavy (non-hydrogen) atoms. The summed E-state index contributed by atoms with van der Waals surface area (Å²) in [6.07, 6.45) is 3.90. The lowest BCUT2D eigenvalue weighted by Gasteiger charge is -2.25. The van der Waals surface area contributed by atoms with Gasteiger partial charge in [-0.2, -0.15) is 0 Å². The van der Waals surface area contributed by atoms with Gasteiger partial charge in [0.25, 0.3) is 0 Å². The zero-order valence-electron chi connectivity index (χ0n) is 9.06. The van der Waals surface area contributed by atoms with Gasteiger partial charge in [0.1, 0.15) is 5.82 Å². The van der Waals surface area contributed by atoms with E-state index >= 15 is 0 Å². The first-order valence-electron chi connectivity index (χ1n) is 5.65. The minimum Gasteiger partial charge on any atom is -0.393 e. The van der Waals surface area contributed by atoms with Crippen LogP contribution >= 0.6 is 11.6 Å². The summed E-state index contributed by atoms with van der Waals surface area (Å²) >= 11 is 5.65. The number of aliphatic hydroxyl groups excluding tert-OH is 1. The smallest absolute Gasteiger partial charge is 0.151 e. The van der Waals surface area contributed by atoms with Crippen LogP contribution < -0.4 is 5.32 Å². The summed E-state index contributed by atoms with van der Waals surface area (Å²) in [5.41, 5.74) is 0. The van der Waals surface area contributed by atoms with Crippen LogP contribution in [0.2, 0.25) is 5.15 Å². The molecule has 1 heterocycles. The number of hydrogen-bond donors (Lipinski definition) is 2. The molecule has 0 unspecified atom stereocenters. The van der Waals surface area contributed by atoms with E-state index < -0.39 is 0 Å². The van der Waals surface area contributed by atoms with Crippen LogP contribution in [0, 0.1) is 5.92 Å². The molecule has 0 spiro atoms. The third-order valence-electron chi connectivity index (χ3n) is 3.02. The molecule has 1 aliphatic rings. The Kier molecular flexibility index (Phi) is 3.96. The van der Waals surface area contributed by atoms with Crippen molar-refractivity contribution in [1.29, 1.82) is 0 Å². The number of rotatable bonds is 3. The molecule has 2 N–H and O–H groups in total. The fourth-order valence-electron chi connectivity index (χ4n) is 2.01. The van der Waals surface area contributed by atoms with Crippen LogP contribution in [0.5, 0.6) is 0 Å². The van der Waals surface area contributed by atoms with Crippen molar-refractivity contribution in [2.75, 3.05) is 11.9 Å². The number of hydrogen-bond acceptors (Lipinski definition) is 4. The van der Waals surface area contributed by atoms with E-state index in [2.05, 4.69) is 15.5 Å². The average Bonchev–Trinajstić information content (AvgIpc) is 2.30. The monoisotopic (exact) mass is 241 g/mol. The molecule has 0 bridgehead atoms. The molecule has 1 aromatic rings. The second kappa shape index (κ2) is 5.46. The Labute approximate surface area is 100 Å². The van der Waals surface area contributed by atoms with Crippen molar-refractivity contribution in [3.05, 3.63) is 17.3 Å². The molecule has 0 aromatic carbocycles. The van der Waals surface area contributed by atoms with Crippen molar-refractivity contribution in [1.82, 2.24) is 10.2 Å². The van der Waals surface area contributed by atoms with Crippen LogP contribution in [-0.2, 0) is 0 Å². The van der Waals surface area contributed by atoms with E-state index in [1.807, 2.05) is 6.07 Å². The van der Waals surface area contributed by atoms with Crippen molar-refractivity contribution < 1.29 is 5.11 Å². The maximum Gasteiger partial charge on any atom is 0.151 e. The summed E-state index contributed by atoms with van der Waals surface area (Å²) in [6.45, 7) is 0.892. The summed E-state index contributed by atoms with van der Waals surface area (Å²) in [4.78, 5) is 0. The average molecular weight is 242 g/mol. The number of nitrogens with one attached hydrogen (secondary N) is 1. The lowest BCUT2D eigenvalue weighted by Crippen LogP contribution is -2.23. The molecule has 0 radical (unpaired) electrons. The SMILES string of the molecule is OC1CCC(CNc2ccc(Cl)nn2)CC1. The van der Waals surface area contributed by atoms with Crippen LogP contribution in [0.3, 0.4) is 0 Å². The van der Waals surface area contributed by atoms with Crippen LogP contribution in [0.15, 0.2) is 12.1 Å². The summed E-state index contributed by atoms with van der Waals surface area (Å²) in [6, 6.07) is 3.55. The lowest BCUT2D eigenvalue weighted by atomic mass is 9.87. The van der Waals surface area contributed by atoms with E-state index in [1.54, 1.807) is 6.07 Å². The lowest BCUT2D eigenvalue weighted by molar-refractivity contribution is 0.111. The standard InChI is InChI=1S/C11H16ClN3O/c12-10-5-6-11(15-14-10)13-7-8-1-3-9(16)4-2-8/h5-6,8-9,16H,1-4,7H2,(H,13,15).